The molecule has 0 amide bonds. The third-order valence-electron chi connectivity index (χ3n) is 7.00. The van der Waals surface area contributed by atoms with E-state index in [-0.39, 0.29) is 17.3 Å². The average molecular weight is 478 g/mol. The van der Waals surface area contributed by atoms with Gasteiger partial charge in [0, 0.05) is 5.41 Å². The van der Waals surface area contributed by atoms with E-state index in [0.717, 1.165) is 16.9 Å². The summed E-state index contributed by atoms with van der Waals surface area (Å²) in [4.78, 5) is 29.5. The maximum Gasteiger partial charge on any atom is 0.226 e. The monoisotopic (exact) mass is 477 g/mol. The van der Waals surface area contributed by atoms with Crippen LogP contribution in [0.15, 0.2) is 48.2 Å². The second kappa shape index (κ2) is 9.56. The fourth-order valence-electron chi connectivity index (χ4n) is 4.88. The summed E-state index contributed by atoms with van der Waals surface area (Å²) in [5, 5.41) is 0. The highest BCUT2D eigenvalue weighted by molar-refractivity contribution is 6.02. The van der Waals surface area contributed by atoms with Crippen molar-refractivity contribution in [3.63, 3.8) is 0 Å². The lowest BCUT2D eigenvalue weighted by Crippen LogP contribution is -2.48. The Morgan fingerprint density at radius 1 is 1.17 bits per heavy atom. The van der Waals surface area contributed by atoms with Gasteiger partial charge >= 0.3 is 0 Å². The minimum absolute atomic E-state index is 0.121. The highest BCUT2D eigenvalue weighted by atomic mass is 16.7. The molecule has 0 saturated carbocycles. The largest absolute Gasteiger partial charge is 0.496 e. The van der Waals surface area contributed by atoms with Crippen LogP contribution in [0.4, 0.5) is 0 Å². The normalized spacial score (nSPS) is 23.9. The van der Waals surface area contributed by atoms with Gasteiger partial charge in [-0.2, -0.15) is 0 Å². The van der Waals surface area contributed by atoms with Crippen molar-refractivity contribution < 1.29 is 23.8 Å². The van der Waals surface area contributed by atoms with E-state index in [1.807, 2.05) is 65.8 Å². The minimum Gasteiger partial charge on any atom is -0.496 e. The first-order chi connectivity index (χ1) is 16.3. The molecule has 6 heteroatoms. The maximum absolute atomic E-state index is 13.5. The molecule has 0 N–H and O–H groups in total. The molecule has 35 heavy (non-hydrogen) atoms. The molecule has 3 rings (SSSR count). The summed E-state index contributed by atoms with van der Waals surface area (Å²) >= 11 is 0. The Kier molecular flexibility index (Phi) is 7.26. The summed E-state index contributed by atoms with van der Waals surface area (Å²) in [5.41, 5.74) is -0.248. The first kappa shape index (κ1) is 26.6. The molecule has 1 aliphatic carbocycles. The van der Waals surface area contributed by atoms with E-state index in [2.05, 4.69) is 4.85 Å². The molecule has 0 bridgehead atoms. The van der Waals surface area contributed by atoms with Gasteiger partial charge in [-0.05, 0) is 62.0 Å². The fraction of sp³-hybridized carbons (Fsp3) is 0.483. The van der Waals surface area contributed by atoms with E-state index in [1.54, 1.807) is 31.4 Å². The van der Waals surface area contributed by atoms with Crippen molar-refractivity contribution in [3.05, 3.63) is 70.7 Å². The Labute approximate surface area is 208 Å². The van der Waals surface area contributed by atoms with Gasteiger partial charge < -0.3 is 19.0 Å². The van der Waals surface area contributed by atoms with Crippen LogP contribution in [-0.2, 0) is 19.1 Å². The van der Waals surface area contributed by atoms with Gasteiger partial charge in [0.05, 0.1) is 32.3 Å². The molecule has 1 saturated heterocycles. The number of ether oxygens (including phenoxy) is 3. The minimum atomic E-state index is -1.23. The highest BCUT2D eigenvalue weighted by Gasteiger charge is 2.52. The Balaban J connectivity index is 1.90. The Bertz CT molecular complexity index is 1140. The number of methoxy groups -OCH3 is 1. The standard InChI is InChI=1S/C29H35NO5/c1-20-9-10-21(17-23(20)33-8)11-14-29(34-15-16-35-29)27(4,5)24(31)12-13-28(6)18-22(30-7)25(32)26(2,3)19-28/h9-14,17-18H,15-16,19H2,1-6,8H3/b13-12+,14-11+/t28-/m0/s1. The number of carbonyl (C=O) groups excluding carboxylic acids is 2. The molecule has 1 fully saturated rings. The summed E-state index contributed by atoms with van der Waals surface area (Å²) in [6.45, 7) is 19.4. The lowest BCUT2D eigenvalue weighted by Gasteiger charge is -2.39. The van der Waals surface area contributed by atoms with Crippen LogP contribution in [0.2, 0.25) is 0 Å². The molecule has 1 heterocycles. The number of carbonyl (C=O) groups is 2. The number of benzene rings is 1. The van der Waals surface area contributed by atoms with Crippen LogP contribution < -0.4 is 4.74 Å². The van der Waals surface area contributed by atoms with Crippen LogP contribution in [0.1, 0.15) is 52.2 Å². The molecule has 0 radical (unpaired) electrons. The Morgan fingerprint density at radius 2 is 1.83 bits per heavy atom. The van der Waals surface area contributed by atoms with Crippen LogP contribution in [0, 0.1) is 29.7 Å². The summed E-state index contributed by atoms with van der Waals surface area (Å²) < 4.78 is 17.5. The van der Waals surface area contributed by atoms with E-state index >= 15 is 0 Å². The van der Waals surface area contributed by atoms with Gasteiger partial charge in [0.25, 0.3) is 0 Å². The van der Waals surface area contributed by atoms with Crippen LogP contribution in [0.5, 0.6) is 5.75 Å². The van der Waals surface area contributed by atoms with Gasteiger partial charge in [0.2, 0.25) is 11.5 Å². The maximum atomic E-state index is 13.5. The molecule has 2 aliphatic rings. The molecule has 0 aromatic heterocycles. The van der Waals surface area contributed by atoms with Crippen molar-refractivity contribution in [3.8, 4) is 5.75 Å². The molecular weight excluding hydrogens is 442 g/mol. The average Bonchev–Trinajstić information content (AvgIpc) is 3.30. The van der Waals surface area contributed by atoms with Gasteiger partial charge in [0.15, 0.2) is 11.6 Å². The SMILES string of the molecule is [C-]#[N+]C1=C[C@](C)(/C=C/C(=O)C(C)(C)C2(/C=C/c3ccc(C)c(OC)c3)OCCO2)CC(C)(C)C1=O. The summed E-state index contributed by atoms with van der Waals surface area (Å²) in [7, 11) is 1.63. The fourth-order valence-corrected chi connectivity index (χ4v) is 4.88. The molecule has 1 aromatic rings. The zero-order chi connectivity index (χ0) is 26.1. The number of aryl methyl sites for hydroxylation is 1. The van der Waals surface area contributed by atoms with Gasteiger partial charge in [-0.1, -0.05) is 51.1 Å². The van der Waals surface area contributed by atoms with E-state index in [4.69, 9.17) is 20.8 Å². The van der Waals surface area contributed by atoms with Crippen molar-refractivity contribution in [1.82, 2.24) is 0 Å². The molecule has 0 spiro atoms. The summed E-state index contributed by atoms with van der Waals surface area (Å²) in [6.07, 6.45) is 9.21. The number of hydrogen-bond donors (Lipinski definition) is 0. The lowest BCUT2D eigenvalue weighted by atomic mass is 9.66. The topological polar surface area (TPSA) is 66.2 Å². The van der Waals surface area contributed by atoms with Crippen LogP contribution >= 0.6 is 0 Å². The Morgan fingerprint density at radius 3 is 2.43 bits per heavy atom. The van der Waals surface area contributed by atoms with Crippen molar-refractivity contribution in [2.75, 3.05) is 20.3 Å². The number of rotatable bonds is 7. The molecule has 1 aliphatic heterocycles. The number of nitrogens with zero attached hydrogens (tertiary/aromatic N) is 1. The van der Waals surface area contributed by atoms with E-state index in [9.17, 15) is 9.59 Å². The van der Waals surface area contributed by atoms with Crippen LogP contribution in [0.25, 0.3) is 10.9 Å². The van der Waals surface area contributed by atoms with Gasteiger partial charge in [-0.25, -0.2) is 4.85 Å². The third-order valence-corrected chi connectivity index (χ3v) is 7.00. The first-order valence-electron chi connectivity index (χ1n) is 11.8. The number of allylic oxidation sites excluding steroid dienone is 4. The molecule has 6 nitrogen and oxygen atoms in total. The van der Waals surface area contributed by atoms with Crippen molar-refractivity contribution in [2.24, 2.45) is 16.2 Å². The van der Waals surface area contributed by atoms with E-state index in [0.29, 0.717) is 19.6 Å². The van der Waals surface area contributed by atoms with Gasteiger partial charge in [-0.15, -0.1) is 0 Å². The predicted octanol–water partition coefficient (Wildman–Crippen LogP) is 5.72. The summed E-state index contributed by atoms with van der Waals surface area (Å²) in [5.74, 6) is -0.775. The predicted molar refractivity (Wildman–Crippen MR) is 136 cm³/mol. The van der Waals surface area contributed by atoms with Crippen LogP contribution in [-0.4, -0.2) is 37.7 Å². The van der Waals surface area contributed by atoms with Gasteiger partial charge in [-0.3, -0.25) is 4.79 Å². The third kappa shape index (κ3) is 5.17. The van der Waals surface area contributed by atoms with Crippen molar-refractivity contribution in [2.45, 2.75) is 53.8 Å². The second-order valence-electron chi connectivity index (χ2n) is 10.8. The van der Waals surface area contributed by atoms with Crippen molar-refractivity contribution in [1.29, 1.82) is 0 Å². The van der Waals surface area contributed by atoms with Crippen molar-refractivity contribution >= 4 is 17.6 Å². The van der Waals surface area contributed by atoms with E-state index < -0.39 is 22.0 Å². The molecule has 186 valence electrons. The smallest absolute Gasteiger partial charge is 0.226 e. The zero-order valence-corrected chi connectivity index (χ0v) is 21.7. The first-order valence-corrected chi connectivity index (χ1v) is 11.8. The van der Waals surface area contributed by atoms with Crippen LogP contribution in [0.3, 0.4) is 0 Å². The Hall–Kier alpha value is -3.01. The molecule has 1 aromatic carbocycles. The number of Topliss-reactive ketones (excluding diaryl/α,β-unsaturated/α-hetero) is 1. The molecule has 0 unspecified atom stereocenters. The number of hydrogen-bond acceptors (Lipinski definition) is 5. The second-order valence-corrected chi connectivity index (χ2v) is 10.8. The lowest BCUT2D eigenvalue weighted by molar-refractivity contribution is -0.191. The highest BCUT2D eigenvalue weighted by Crippen LogP contribution is 2.45. The quantitative estimate of drug-likeness (QED) is 0.371. The van der Waals surface area contributed by atoms with Gasteiger partial charge in [0.1, 0.15) is 5.75 Å². The molecular formula is C29H35NO5. The summed E-state index contributed by atoms with van der Waals surface area (Å²) in [6, 6.07) is 5.88. The number of ketones is 2. The molecule has 1 atom stereocenters. The zero-order valence-electron chi connectivity index (χ0n) is 21.7. The van der Waals surface area contributed by atoms with E-state index in [1.165, 1.54) is 0 Å².